The van der Waals surface area contributed by atoms with Crippen LogP contribution in [0.2, 0.25) is 0 Å². The molecule has 0 saturated carbocycles. The number of nitrogens with zero attached hydrogens (tertiary/aromatic N) is 1. The van der Waals surface area contributed by atoms with Crippen LogP contribution >= 0.6 is 0 Å². The quantitative estimate of drug-likeness (QED) is 0.848. The third-order valence-corrected chi connectivity index (χ3v) is 4.41. The highest BCUT2D eigenvalue weighted by molar-refractivity contribution is 5.83. The van der Waals surface area contributed by atoms with Crippen molar-refractivity contribution in [2.75, 3.05) is 27.2 Å². The molecule has 0 bridgehead atoms. The number of carbonyl (C=O) groups excluding carboxylic acids is 1. The first-order valence-electron chi connectivity index (χ1n) is 14.7. The van der Waals surface area contributed by atoms with E-state index in [2.05, 4.69) is 0 Å². The van der Waals surface area contributed by atoms with Gasteiger partial charge in [0.25, 0.3) is 0 Å². The Labute approximate surface area is 159 Å². The van der Waals surface area contributed by atoms with Crippen LogP contribution in [0.25, 0.3) is 0 Å². The highest BCUT2D eigenvalue weighted by atomic mass is 16.5. The third kappa shape index (κ3) is 3.09. The van der Waals surface area contributed by atoms with Gasteiger partial charge in [-0.1, -0.05) is 13.7 Å². The Kier molecular flexibility index (Phi) is 1.72. The summed E-state index contributed by atoms with van der Waals surface area (Å²) in [6.07, 6.45) is -3.41. The number of hydrogen-bond acceptors (Lipinski definition) is 4. The van der Waals surface area contributed by atoms with Crippen molar-refractivity contribution in [3.8, 4) is 11.5 Å². The zero-order valence-corrected chi connectivity index (χ0v) is 12.3. The van der Waals surface area contributed by atoms with Gasteiger partial charge in [-0.15, -0.1) is 0 Å². The molecule has 1 fully saturated rings. The Balaban J connectivity index is 2.02. The van der Waals surface area contributed by atoms with Gasteiger partial charge in [0.1, 0.15) is 5.78 Å². The second kappa shape index (κ2) is 6.52. The van der Waals surface area contributed by atoms with Gasteiger partial charge in [-0.3, -0.25) is 9.69 Å². The van der Waals surface area contributed by atoms with E-state index in [-0.39, 0.29) is 31.7 Å². The van der Waals surface area contributed by atoms with Crippen molar-refractivity contribution in [1.29, 1.82) is 0 Å². The summed E-state index contributed by atoms with van der Waals surface area (Å²) in [7, 11) is -5.86. The predicted octanol–water partition coefficient (Wildman–Crippen LogP) is 3.24. The molecule has 4 heteroatoms. The summed E-state index contributed by atoms with van der Waals surface area (Å²) in [4.78, 5) is 14.9. The molecular weight excluding hydrogens is 290 g/mol. The first-order chi connectivity index (χ1) is 16.9. The lowest BCUT2D eigenvalue weighted by Crippen LogP contribution is -2.46. The second-order valence-corrected chi connectivity index (χ2v) is 5.70. The molecular formula is C19H27NO3. The number of ether oxygens (including phenoxy) is 2. The average Bonchev–Trinajstić information content (AvgIpc) is 2.69. The molecule has 1 aromatic carbocycles. The van der Waals surface area contributed by atoms with Gasteiger partial charge in [0, 0.05) is 43.8 Å². The summed E-state index contributed by atoms with van der Waals surface area (Å²) in [5.41, 5.74) is 0.946. The van der Waals surface area contributed by atoms with Gasteiger partial charge in [-0.25, -0.2) is 0 Å². The fourth-order valence-electron chi connectivity index (χ4n) is 3.35. The number of benzene rings is 1. The van der Waals surface area contributed by atoms with Crippen molar-refractivity contribution in [2.24, 2.45) is 11.8 Å². The molecule has 1 saturated heterocycles. The first kappa shape index (κ1) is 6.07. The van der Waals surface area contributed by atoms with E-state index in [9.17, 15) is 4.79 Å². The predicted molar refractivity (Wildman–Crippen MR) is 90.1 cm³/mol. The molecule has 1 aromatic rings. The maximum absolute atomic E-state index is 13.2. The van der Waals surface area contributed by atoms with E-state index in [1.807, 2.05) is 0 Å². The minimum atomic E-state index is -3.59. The standard InChI is InChI=1S/C19H27NO3/c1-12(2)7-14-11-20-6-5-13-8-18(22-3)19(23-4)9-15(13)16(20)10-17(14)21/h8-9,12,14,16H,5-7,10-11H2,1-4H3/i1D3,2D3,3D3,4D3,7D2,12D. The van der Waals surface area contributed by atoms with Gasteiger partial charge in [0.15, 0.2) is 11.5 Å². The number of hydrogen-bond donors (Lipinski definition) is 0. The Hall–Kier alpha value is -1.55. The fraction of sp³-hybridized carbons (Fsp3) is 0.632. The van der Waals surface area contributed by atoms with Crippen LogP contribution in [0.4, 0.5) is 0 Å². The molecule has 2 heterocycles. The molecule has 2 aliphatic heterocycles. The van der Waals surface area contributed by atoms with E-state index in [1.54, 1.807) is 4.90 Å². The van der Waals surface area contributed by atoms with Gasteiger partial charge >= 0.3 is 0 Å². The van der Waals surface area contributed by atoms with Gasteiger partial charge in [0.05, 0.1) is 22.3 Å². The van der Waals surface area contributed by atoms with Crippen molar-refractivity contribution in [3.63, 3.8) is 0 Å². The molecule has 2 atom stereocenters. The zero-order valence-electron chi connectivity index (χ0n) is 27.3. The number of fused-ring (bicyclic) bond motifs is 3. The molecule has 0 spiro atoms. The molecule has 0 N–H and O–H groups in total. The van der Waals surface area contributed by atoms with Gasteiger partial charge in [0.2, 0.25) is 0 Å². The lowest BCUT2D eigenvalue weighted by molar-refractivity contribution is -0.129. The Morgan fingerprint density at radius 3 is 2.91 bits per heavy atom. The molecule has 0 aliphatic carbocycles. The molecule has 126 valence electrons. The van der Waals surface area contributed by atoms with Crippen LogP contribution in [-0.4, -0.2) is 37.8 Å². The summed E-state index contributed by atoms with van der Waals surface area (Å²) in [5, 5.41) is 0. The lowest BCUT2D eigenvalue weighted by Gasteiger charge is -2.43. The van der Waals surface area contributed by atoms with Crippen molar-refractivity contribution in [2.45, 2.75) is 39.0 Å². The largest absolute Gasteiger partial charge is 0.493 e. The van der Waals surface area contributed by atoms with Crippen LogP contribution in [0.15, 0.2) is 12.1 Å². The molecule has 0 radical (unpaired) electrons. The summed E-state index contributed by atoms with van der Waals surface area (Å²) in [6, 6.07) is 1.83. The molecule has 3 rings (SSSR count). The normalized spacial score (nSPS) is 37.2. The third-order valence-electron chi connectivity index (χ3n) is 4.41. The number of piperidine rings is 1. The van der Waals surface area contributed by atoms with E-state index < -0.39 is 63.5 Å². The smallest absolute Gasteiger partial charge is 0.161 e. The molecule has 2 aliphatic rings. The lowest BCUT2D eigenvalue weighted by atomic mass is 9.80. The number of ketones is 1. The van der Waals surface area contributed by atoms with Crippen LogP contribution in [0.1, 0.15) is 64.2 Å². The number of methoxy groups -OCH3 is 2. The molecule has 4 nitrogen and oxygen atoms in total. The maximum Gasteiger partial charge on any atom is 0.161 e. The Bertz CT molecular complexity index is 1060. The summed E-state index contributed by atoms with van der Waals surface area (Å²) < 4.78 is 125. The van der Waals surface area contributed by atoms with Crippen LogP contribution in [0.5, 0.6) is 11.5 Å². The Morgan fingerprint density at radius 2 is 2.17 bits per heavy atom. The van der Waals surface area contributed by atoms with Gasteiger partial charge in [-0.2, -0.15) is 0 Å². The summed E-state index contributed by atoms with van der Waals surface area (Å²) in [6.45, 7) is -7.33. The van der Waals surface area contributed by atoms with Crippen LogP contribution in [0.3, 0.4) is 0 Å². The van der Waals surface area contributed by atoms with Crippen molar-refractivity contribution in [3.05, 3.63) is 23.3 Å². The molecule has 2 unspecified atom stereocenters. The second-order valence-electron chi connectivity index (χ2n) is 5.70. The SMILES string of the molecule is [2H]C([2H])([2H])Oc1cc2c(cc1OC([2H])([2H])[2H])C1CC(=O)C(C([2H])([2H])C([2H])(C([2H])([2H])[2H])C([2H])([2H])[2H])CN1CC2. The minimum Gasteiger partial charge on any atom is -0.493 e. The van der Waals surface area contributed by atoms with Crippen molar-refractivity contribution in [1.82, 2.24) is 4.90 Å². The van der Waals surface area contributed by atoms with E-state index in [0.717, 1.165) is 0 Å². The van der Waals surface area contributed by atoms with Gasteiger partial charge in [-0.05, 0) is 41.9 Å². The highest BCUT2D eigenvalue weighted by Crippen LogP contribution is 2.42. The first-order valence-corrected chi connectivity index (χ1v) is 7.21. The van der Waals surface area contributed by atoms with E-state index in [0.29, 0.717) is 11.1 Å². The number of rotatable bonds is 4. The van der Waals surface area contributed by atoms with Crippen LogP contribution in [-0.2, 0) is 11.2 Å². The summed E-state index contributed by atoms with van der Waals surface area (Å²) in [5.74, 6) is -6.86. The monoisotopic (exact) mass is 332 g/mol. The maximum atomic E-state index is 13.2. The molecule has 23 heavy (non-hydrogen) atoms. The topological polar surface area (TPSA) is 38.8 Å². The molecule has 0 amide bonds. The van der Waals surface area contributed by atoms with E-state index >= 15 is 0 Å². The zero-order chi connectivity index (χ0) is 29.3. The average molecular weight is 333 g/mol. The summed E-state index contributed by atoms with van der Waals surface area (Å²) >= 11 is 0. The van der Waals surface area contributed by atoms with Crippen molar-refractivity contribution < 1.29 is 34.8 Å². The van der Waals surface area contributed by atoms with Gasteiger partial charge < -0.3 is 9.47 Å². The van der Waals surface area contributed by atoms with E-state index in [4.69, 9.17) is 30.0 Å². The van der Waals surface area contributed by atoms with E-state index in [1.165, 1.54) is 12.1 Å². The highest BCUT2D eigenvalue weighted by Gasteiger charge is 2.38. The number of Topliss-reactive ketones (excluding diaryl/α,β-unsaturated/α-hetero) is 1. The van der Waals surface area contributed by atoms with Crippen molar-refractivity contribution >= 4 is 5.78 Å². The fourth-order valence-corrected chi connectivity index (χ4v) is 3.35. The van der Waals surface area contributed by atoms with Crippen LogP contribution < -0.4 is 9.47 Å². The minimum absolute atomic E-state index is 0.205. The van der Waals surface area contributed by atoms with Crippen LogP contribution in [0, 0.1) is 11.8 Å². The molecule has 0 aromatic heterocycles. The number of carbonyl (C=O) groups is 1. The Morgan fingerprint density at radius 1 is 1.39 bits per heavy atom.